The van der Waals surface area contributed by atoms with E-state index in [1.807, 2.05) is 6.92 Å². The van der Waals surface area contributed by atoms with Crippen molar-refractivity contribution in [2.24, 2.45) is 0 Å². The Bertz CT molecular complexity index is 527. The summed E-state index contributed by atoms with van der Waals surface area (Å²) in [4.78, 5) is 0. The summed E-state index contributed by atoms with van der Waals surface area (Å²) in [5.41, 5.74) is 0.236. The molecule has 1 aromatic heterocycles. The molecule has 1 unspecified atom stereocenters. The van der Waals surface area contributed by atoms with Gasteiger partial charge in [0.15, 0.2) is 11.6 Å². The van der Waals surface area contributed by atoms with E-state index in [1.165, 1.54) is 10.7 Å². The molecule has 2 aromatic rings. The van der Waals surface area contributed by atoms with Crippen molar-refractivity contribution in [2.75, 3.05) is 7.05 Å². The summed E-state index contributed by atoms with van der Waals surface area (Å²) in [6.45, 7) is 1.88. The Hall–Kier alpha value is -1.53. The lowest BCUT2D eigenvalue weighted by molar-refractivity contribution is 0.567. The maximum atomic E-state index is 13.8. The van der Waals surface area contributed by atoms with Gasteiger partial charge in [-0.2, -0.15) is 4.68 Å². The lowest BCUT2D eigenvalue weighted by atomic mass is 10.2. The van der Waals surface area contributed by atoms with Gasteiger partial charge in [-0.25, -0.2) is 4.39 Å². The van der Waals surface area contributed by atoms with E-state index < -0.39 is 5.82 Å². The van der Waals surface area contributed by atoms with Gasteiger partial charge in [-0.15, -0.1) is 5.10 Å². The molecule has 90 valence electrons. The smallest absolute Gasteiger partial charge is 0.173 e. The summed E-state index contributed by atoms with van der Waals surface area (Å²) < 4.78 is 15.2. The summed E-state index contributed by atoms with van der Waals surface area (Å²) in [5, 5.41) is 14.2. The van der Waals surface area contributed by atoms with Gasteiger partial charge >= 0.3 is 0 Å². The number of nitrogens with zero attached hydrogens (tertiary/aromatic N) is 4. The van der Waals surface area contributed by atoms with Gasteiger partial charge in [0.25, 0.3) is 0 Å². The molecule has 0 saturated carbocycles. The highest BCUT2D eigenvalue weighted by molar-refractivity contribution is 6.30. The highest BCUT2D eigenvalue weighted by Crippen LogP contribution is 2.22. The Balaban J connectivity index is 2.54. The van der Waals surface area contributed by atoms with Crippen LogP contribution in [-0.2, 0) is 0 Å². The van der Waals surface area contributed by atoms with Crippen LogP contribution in [0.25, 0.3) is 5.69 Å². The molecule has 5 nitrogen and oxygen atoms in total. The Labute approximate surface area is 103 Å². The van der Waals surface area contributed by atoms with E-state index in [1.54, 1.807) is 19.2 Å². The first-order valence-electron chi connectivity index (χ1n) is 5.05. The van der Waals surface area contributed by atoms with Gasteiger partial charge in [-0.3, -0.25) is 0 Å². The lowest BCUT2D eigenvalue weighted by Gasteiger charge is -2.11. The van der Waals surface area contributed by atoms with Crippen molar-refractivity contribution >= 4 is 11.6 Å². The van der Waals surface area contributed by atoms with E-state index >= 15 is 0 Å². The molecular formula is C10H11ClFN5. The molecule has 0 amide bonds. The van der Waals surface area contributed by atoms with Crippen molar-refractivity contribution in [3.63, 3.8) is 0 Å². The fourth-order valence-electron chi connectivity index (χ4n) is 1.42. The van der Waals surface area contributed by atoms with Crippen LogP contribution in [0.5, 0.6) is 0 Å². The van der Waals surface area contributed by atoms with E-state index in [-0.39, 0.29) is 16.8 Å². The van der Waals surface area contributed by atoms with Crippen LogP contribution in [0.3, 0.4) is 0 Å². The number of tetrazole rings is 1. The van der Waals surface area contributed by atoms with Gasteiger partial charge in [-0.1, -0.05) is 17.7 Å². The number of aromatic nitrogens is 4. The largest absolute Gasteiger partial charge is 0.311 e. The van der Waals surface area contributed by atoms with E-state index in [9.17, 15) is 4.39 Å². The zero-order valence-electron chi connectivity index (χ0n) is 9.35. The Morgan fingerprint density at radius 2 is 2.24 bits per heavy atom. The van der Waals surface area contributed by atoms with Crippen LogP contribution in [0, 0.1) is 5.82 Å². The van der Waals surface area contributed by atoms with Crippen LogP contribution in [0.1, 0.15) is 18.8 Å². The second-order valence-corrected chi connectivity index (χ2v) is 3.94. The molecule has 1 heterocycles. The summed E-state index contributed by atoms with van der Waals surface area (Å²) >= 11 is 5.72. The quantitative estimate of drug-likeness (QED) is 0.908. The monoisotopic (exact) mass is 255 g/mol. The van der Waals surface area contributed by atoms with Crippen molar-refractivity contribution in [1.82, 2.24) is 25.5 Å². The number of nitrogens with one attached hydrogen (secondary N) is 1. The normalized spacial score (nSPS) is 12.7. The molecule has 0 radical (unpaired) electrons. The third-order valence-electron chi connectivity index (χ3n) is 2.47. The molecule has 17 heavy (non-hydrogen) atoms. The van der Waals surface area contributed by atoms with Gasteiger partial charge in [-0.05, 0) is 36.5 Å². The molecule has 1 atom stereocenters. The molecule has 0 saturated heterocycles. The van der Waals surface area contributed by atoms with Crippen molar-refractivity contribution in [1.29, 1.82) is 0 Å². The molecule has 0 aliphatic carbocycles. The minimum atomic E-state index is -0.536. The van der Waals surface area contributed by atoms with E-state index in [0.717, 1.165) is 0 Å². The van der Waals surface area contributed by atoms with E-state index in [2.05, 4.69) is 20.8 Å². The van der Waals surface area contributed by atoms with Crippen LogP contribution in [0.4, 0.5) is 4.39 Å². The van der Waals surface area contributed by atoms with Crippen LogP contribution in [-0.4, -0.2) is 27.3 Å². The van der Waals surface area contributed by atoms with Crippen LogP contribution >= 0.6 is 11.6 Å². The van der Waals surface area contributed by atoms with Gasteiger partial charge in [0.05, 0.1) is 11.1 Å². The highest BCUT2D eigenvalue weighted by Gasteiger charge is 2.17. The van der Waals surface area contributed by atoms with E-state index in [0.29, 0.717) is 5.82 Å². The number of benzene rings is 1. The molecule has 0 aliphatic heterocycles. The number of hydrogen-bond donors (Lipinski definition) is 1. The van der Waals surface area contributed by atoms with Crippen LogP contribution in [0.15, 0.2) is 18.2 Å². The minimum Gasteiger partial charge on any atom is -0.311 e. The molecule has 1 N–H and O–H groups in total. The van der Waals surface area contributed by atoms with Gasteiger partial charge in [0.1, 0.15) is 5.69 Å². The fraction of sp³-hybridized carbons (Fsp3) is 0.300. The topological polar surface area (TPSA) is 55.6 Å². The average molecular weight is 256 g/mol. The Morgan fingerprint density at radius 1 is 1.47 bits per heavy atom. The van der Waals surface area contributed by atoms with Gasteiger partial charge < -0.3 is 5.32 Å². The lowest BCUT2D eigenvalue weighted by Crippen LogP contribution is -2.18. The summed E-state index contributed by atoms with van der Waals surface area (Å²) in [6, 6.07) is 4.61. The third-order valence-corrected chi connectivity index (χ3v) is 2.77. The summed E-state index contributed by atoms with van der Waals surface area (Å²) in [6.07, 6.45) is 0. The molecule has 0 spiro atoms. The average Bonchev–Trinajstić information content (AvgIpc) is 2.80. The predicted molar refractivity (Wildman–Crippen MR) is 61.6 cm³/mol. The Kier molecular flexibility index (Phi) is 3.35. The molecular weight excluding hydrogens is 245 g/mol. The molecule has 2 rings (SSSR count). The minimum absolute atomic E-state index is 0.0426. The first-order valence-corrected chi connectivity index (χ1v) is 5.43. The van der Waals surface area contributed by atoms with Crippen molar-refractivity contribution in [3.05, 3.63) is 34.9 Å². The first-order chi connectivity index (χ1) is 8.15. The zero-order valence-corrected chi connectivity index (χ0v) is 10.1. The van der Waals surface area contributed by atoms with Crippen molar-refractivity contribution in [3.8, 4) is 5.69 Å². The first kappa shape index (κ1) is 11.9. The molecule has 0 fully saturated rings. The van der Waals surface area contributed by atoms with Gasteiger partial charge in [0.2, 0.25) is 0 Å². The van der Waals surface area contributed by atoms with Crippen LogP contribution in [0.2, 0.25) is 5.02 Å². The van der Waals surface area contributed by atoms with Gasteiger partial charge in [0, 0.05) is 0 Å². The predicted octanol–water partition coefficient (Wildman–Crippen LogP) is 1.74. The maximum Gasteiger partial charge on any atom is 0.173 e. The molecule has 0 aliphatic rings. The third kappa shape index (κ3) is 2.13. The molecule has 7 heteroatoms. The number of halogens is 2. The maximum absolute atomic E-state index is 13.8. The Morgan fingerprint density at radius 3 is 2.94 bits per heavy atom. The van der Waals surface area contributed by atoms with Crippen molar-refractivity contribution < 1.29 is 4.39 Å². The summed E-state index contributed by atoms with van der Waals surface area (Å²) in [5.74, 6) is -0.0142. The number of rotatable bonds is 3. The second kappa shape index (κ2) is 4.77. The fourth-order valence-corrected chi connectivity index (χ4v) is 1.59. The second-order valence-electron chi connectivity index (χ2n) is 3.53. The molecule has 0 bridgehead atoms. The summed E-state index contributed by atoms with van der Waals surface area (Å²) in [7, 11) is 1.78. The van der Waals surface area contributed by atoms with E-state index in [4.69, 9.17) is 11.6 Å². The zero-order chi connectivity index (χ0) is 12.4. The number of hydrogen-bond acceptors (Lipinski definition) is 4. The van der Waals surface area contributed by atoms with Crippen LogP contribution < -0.4 is 5.32 Å². The molecule has 1 aromatic carbocycles. The highest BCUT2D eigenvalue weighted by atomic mass is 35.5. The SMILES string of the molecule is CNC(C)c1nnnn1-c1cccc(Cl)c1F. The standard InChI is InChI=1S/C10H11ClFN5/c1-6(13-2)10-14-15-16-17(10)8-5-3-4-7(11)9(8)12/h3-6,13H,1-2H3. The van der Waals surface area contributed by atoms with Crippen molar-refractivity contribution in [2.45, 2.75) is 13.0 Å².